The molecule has 0 fully saturated rings. The fraction of sp³-hybridized carbons (Fsp3) is 0.265. The summed E-state index contributed by atoms with van der Waals surface area (Å²) in [5, 5.41) is 6.01. The average Bonchev–Trinajstić information content (AvgIpc) is 3.26. The molecule has 0 bridgehead atoms. The zero-order chi connectivity index (χ0) is 28.7. The summed E-state index contributed by atoms with van der Waals surface area (Å²) in [5.41, 5.74) is 1.65. The minimum absolute atomic E-state index is 0.197. The van der Waals surface area contributed by atoms with E-state index < -0.39 is 17.6 Å². The highest BCUT2D eigenvalue weighted by Crippen LogP contribution is 2.50. The van der Waals surface area contributed by atoms with E-state index in [-0.39, 0.29) is 17.5 Å². The molecule has 7 nitrogen and oxygen atoms in total. The van der Waals surface area contributed by atoms with Crippen LogP contribution in [0.15, 0.2) is 102 Å². The van der Waals surface area contributed by atoms with Crippen LogP contribution in [0.1, 0.15) is 49.5 Å². The minimum atomic E-state index is -1.24. The van der Waals surface area contributed by atoms with Crippen LogP contribution in [-0.4, -0.2) is 28.0 Å². The Balaban J connectivity index is 1.60. The highest BCUT2D eigenvalue weighted by molar-refractivity contribution is 5.91. The Hall–Kier alpha value is -4.49. The van der Waals surface area contributed by atoms with E-state index in [2.05, 4.69) is 36.5 Å². The number of fused-ring (bicyclic) bond motifs is 3. The fourth-order valence-electron chi connectivity index (χ4n) is 6.52. The average molecular weight is 547 g/mol. The zero-order valence-corrected chi connectivity index (χ0v) is 23.7. The number of benzene rings is 3. The van der Waals surface area contributed by atoms with Crippen LogP contribution in [0.2, 0.25) is 0 Å². The SMILES string of the molecule is COC(=O)[C@]1(C(C)C)[C@H](N[C@@H](C)c2cccc3ccccc23)c2c(nc3ccccn3c2=O)N1Cc1ccccc1. The molecule has 208 valence electrons. The van der Waals surface area contributed by atoms with Gasteiger partial charge in [-0.2, -0.15) is 0 Å². The number of aromatic nitrogens is 2. The van der Waals surface area contributed by atoms with Crippen LogP contribution in [-0.2, 0) is 16.1 Å². The monoisotopic (exact) mass is 546 g/mol. The van der Waals surface area contributed by atoms with Crippen LogP contribution < -0.4 is 15.8 Å². The molecule has 3 atom stereocenters. The summed E-state index contributed by atoms with van der Waals surface area (Å²) < 4.78 is 7.13. The van der Waals surface area contributed by atoms with Gasteiger partial charge < -0.3 is 15.0 Å². The Bertz CT molecular complexity index is 1790. The Kier molecular flexibility index (Phi) is 6.83. The Morgan fingerprint density at radius 3 is 2.41 bits per heavy atom. The van der Waals surface area contributed by atoms with Gasteiger partial charge in [-0.25, -0.2) is 9.78 Å². The largest absolute Gasteiger partial charge is 0.467 e. The molecule has 5 aromatic rings. The van der Waals surface area contributed by atoms with Gasteiger partial charge in [0.2, 0.25) is 0 Å². The van der Waals surface area contributed by atoms with Gasteiger partial charge in [0.05, 0.1) is 18.7 Å². The van der Waals surface area contributed by atoms with Crippen LogP contribution in [0.5, 0.6) is 0 Å². The van der Waals surface area contributed by atoms with Crippen molar-refractivity contribution in [2.45, 2.75) is 44.9 Å². The van der Waals surface area contributed by atoms with Crippen molar-refractivity contribution in [2.24, 2.45) is 5.92 Å². The second-order valence-corrected chi connectivity index (χ2v) is 11.0. The third kappa shape index (κ3) is 4.19. The number of nitrogens with zero attached hydrogens (tertiary/aromatic N) is 3. The number of ether oxygens (including phenoxy) is 1. The molecule has 1 aliphatic rings. The van der Waals surface area contributed by atoms with Crippen molar-refractivity contribution in [1.29, 1.82) is 0 Å². The highest BCUT2D eigenvalue weighted by atomic mass is 16.5. The molecule has 0 saturated heterocycles. The van der Waals surface area contributed by atoms with Crippen molar-refractivity contribution in [3.05, 3.63) is 124 Å². The molecular formula is C34H34N4O3. The maximum Gasteiger partial charge on any atom is 0.334 e. The summed E-state index contributed by atoms with van der Waals surface area (Å²) >= 11 is 0. The Labute approximate surface area is 239 Å². The van der Waals surface area contributed by atoms with Crippen molar-refractivity contribution in [3.63, 3.8) is 0 Å². The first kappa shape index (κ1) is 26.7. The second kappa shape index (κ2) is 10.5. The first-order valence-electron chi connectivity index (χ1n) is 14.0. The molecule has 0 amide bonds. The highest BCUT2D eigenvalue weighted by Gasteiger charge is 2.62. The van der Waals surface area contributed by atoms with E-state index in [9.17, 15) is 9.59 Å². The summed E-state index contributed by atoms with van der Waals surface area (Å²) in [6, 6.07) is 29.0. The number of hydrogen-bond donors (Lipinski definition) is 1. The molecule has 0 spiro atoms. The van der Waals surface area contributed by atoms with Gasteiger partial charge in [0, 0.05) is 18.8 Å². The van der Waals surface area contributed by atoms with Gasteiger partial charge in [-0.1, -0.05) is 92.7 Å². The lowest BCUT2D eigenvalue weighted by atomic mass is 9.77. The summed E-state index contributed by atoms with van der Waals surface area (Å²) in [4.78, 5) is 35.4. The first-order valence-corrected chi connectivity index (χ1v) is 14.0. The number of rotatable bonds is 7. The maximum atomic E-state index is 14.3. The van der Waals surface area contributed by atoms with Crippen molar-refractivity contribution < 1.29 is 9.53 Å². The molecule has 3 heterocycles. The van der Waals surface area contributed by atoms with E-state index in [0.29, 0.717) is 23.6 Å². The molecule has 6 rings (SSSR count). The lowest BCUT2D eigenvalue weighted by molar-refractivity contribution is -0.150. The zero-order valence-electron chi connectivity index (χ0n) is 23.7. The van der Waals surface area contributed by atoms with Gasteiger partial charge in [-0.05, 0) is 46.9 Å². The molecule has 1 N–H and O–H groups in total. The molecule has 0 radical (unpaired) electrons. The fourth-order valence-corrected chi connectivity index (χ4v) is 6.52. The predicted molar refractivity (Wildman–Crippen MR) is 162 cm³/mol. The molecular weight excluding hydrogens is 512 g/mol. The van der Waals surface area contributed by atoms with Crippen LogP contribution in [0, 0.1) is 5.92 Å². The van der Waals surface area contributed by atoms with Gasteiger partial charge in [0.1, 0.15) is 11.5 Å². The van der Waals surface area contributed by atoms with Gasteiger partial charge in [0.15, 0.2) is 5.54 Å². The number of methoxy groups -OCH3 is 1. The lowest BCUT2D eigenvalue weighted by Crippen LogP contribution is -2.62. The normalized spacial score (nSPS) is 19.0. The van der Waals surface area contributed by atoms with Crippen molar-refractivity contribution in [1.82, 2.24) is 14.7 Å². The number of anilines is 1. The third-order valence-electron chi connectivity index (χ3n) is 8.46. The van der Waals surface area contributed by atoms with Gasteiger partial charge in [-0.15, -0.1) is 0 Å². The first-order chi connectivity index (χ1) is 19.9. The van der Waals surface area contributed by atoms with Crippen LogP contribution in [0.25, 0.3) is 16.4 Å². The van der Waals surface area contributed by atoms with Gasteiger partial charge in [-0.3, -0.25) is 9.20 Å². The predicted octanol–water partition coefficient (Wildman–Crippen LogP) is 5.83. The smallest absolute Gasteiger partial charge is 0.334 e. The molecule has 0 aliphatic carbocycles. The van der Waals surface area contributed by atoms with E-state index in [1.165, 1.54) is 7.11 Å². The van der Waals surface area contributed by atoms with E-state index in [0.717, 1.165) is 21.9 Å². The van der Waals surface area contributed by atoms with Crippen molar-refractivity contribution in [2.75, 3.05) is 12.0 Å². The number of hydrogen-bond acceptors (Lipinski definition) is 6. The minimum Gasteiger partial charge on any atom is -0.467 e. The number of carbonyl (C=O) groups is 1. The Morgan fingerprint density at radius 1 is 0.951 bits per heavy atom. The molecule has 1 aliphatic heterocycles. The lowest BCUT2D eigenvalue weighted by Gasteiger charge is -2.44. The molecule has 2 aromatic heterocycles. The number of nitrogens with one attached hydrogen (secondary N) is 1. The quantitative estimate of drug-likeness (QED) is 0.259. The summed E-state index contributed by atoms with van der Waals surface area (Å²) in [5.74, 6) is -0.137. The summed E-state index contributed by atoms with van der Waals surface area (Å²) in [6.07, 6.45) is 1.73. The van der Waals surface area contributed by atoms with Crippen molar-refractivity contribution >= 4 is 28.2 Å². The van der Waals surface area contributed by atoms with E-state index >= 15 is 0 Å². The molecule has 0 unspecified atom stereocenters. The second-order valence-electron chi connectivity index (χ2n) is 11.0. The molecule has 7 heteroatoms. The Morgan fingerprint density at radius 2 is 1.66 bits per heavy atom. The van der Waals surface area contributed by atoms with Gasteiger partial charge in [0.25, 0.3) is 5.56 Å². The summed E-state index contributed by atoms with van der Waals surface area (Å²) in [6.45, 7) is 6.48. The standard InChI is InChI=1S/C34H34N4O3/c1-22(2)34(33(40)41-4)30(35-23(3)26-18-12-16-25-15-8-9-17-27(25)26)29-31(38(34)21-24-13-6-5-7-14-24)36-28-19-10-11-20-37(28)32(29)39/h5-20,22-23,30,35H,21H2,1-4H3/t23-,30+,34-/m0/s1. The van der Waals surface area contributed by atoms with E-state index in [4.69, 9.17) is 9.72 Å². The maximum absolute atomic E-state index is 14.3. The third-order valence-corrected chi connectivity index (χ3v) is 8.46. The van der Waals surface area contributed by atoms with Crippen LogP contribution in [0.3, 0.4) is 0 Å². The van der Waals surface area contributed by atoms with E-state index in [1.807, 2.05) is 85.5 Å². The topological polar surface area (TPSA) is 75.9 Å². The number of carbonyl (C=O) groups excluding carboxylic acids is 1. The summed E-state index contributed by atoms with van der Waals surface area (Å²) in [7, 11) is 1.41. The number of esters is 1. The van der Waals surface area contributed by atoms with Gasteiger partial charge >= 0.3 is 5.97 Å². The van der Waals surface area contributed by atoms with Crippen LogP contribution in [0.4, 0.5) is 5.82 Å². The molecule has 0 saturated carbocycles. The molecule has 41 heavy (non-hydrogen) atoms. The van der Waals surface area contributed by atoms with Crippen molar-refractivity contribution in [3.8, 4) is 0 Å². The molecule has 3 aromatic carbocycles. The number of pyridine rings is 1. The van der Waals surface area contributed by atoms with Crippen LogP contribution >= 0.6 is 0 Å². The van der Waals surface area contributed by atoms with E-state index in [1.54, 1.807) is 10.6 Å².